The second kappa shape index (κ2) is 5.29. The minimum atomic E-state index is -0.268. The van der Waals surface area contributed by atoms with Crippen LogP contribution < -0.4 is 11.1 Å². The minimum Gasteiger partial charge on any atom is -0.368 e. The molecule has 1 aromatic rings. The summed E-state index contributed by atoms with van der Waals surface area (Å²) in [5, 5.41) is 3.18. The van der Waals surface area contributed by atoms with Crippen LogP contribution in [-0.4, -0.2) is 11.9 Å². The number of carbonyl (C=O) groups excluding carboxylic acids is 1. The van der Waals surface area contributed by atoms with Crippen molar-refractivity contribution in [3.63, 3.8) is 0 Å². The molecular weight excluding hydrogens is 248 g/mol. The van der Waals surface area contributed by atoms with Gasteiger partial charge < -0.3 is 11.1 Å². The van der Waals surface area contributed by atoms with E-state index in [0.29, 0.717) is 6.42 Å². The van der Waals surface area contributed by atoms with Crippen LogP contribution in [0.4, 0.5) is 0 Å². The summed E-state index contributed by atoms with van der Waals surface area (Å²) in [7, 11) is 0. The first-order chi connectivity index (χ1) is 7.88. The average molecular weight is 269 g/mol. The van der Waals surface area contributed by atoms with Gasteiger partial charge in [0.25, 0.3) is 0 Å². The number of nitrogens with one attached hydrogen (secondary N) is 1. The molecule has 0 saturated heterocycles. The number of fused-ring (bicyclic) bond motifs is 1. The van der Waals surface area contributed by atoms with E-state index in [1.165, 1.54) is 16.7 Å². The Balaban J connectivity index is 0.00000162. The van der Waals surface area contributed by atoms with E-state index in [1.807, 2.05) is 0 Å². The average Bonchev–Trinajstić information content (AvgIpc) is 2.26. The molecule has 0 bridgehead atoms. The molecular formula is C14H21ClN2O. The van der Waals surface area contributed by atoms with Crippen LogP contribution in [0.2, 0.25) is 0 Å². The maximum Gasteiger partial charge on any atom is 0.234 e. The first kappa shape index (κ1) is 15.0. The highest BCUT2D eigenvalue weighted by molar-refractivity contribution is 5.85. The minimum absolute atomic E-state index is 0. The van der Waals surface area contributed by atoms with E-state index in [2.05, 4.69) is 44.3 Å². The van der Waals surface area contributed by atoms with Crippen LogP contribution in [0.1, 0.15) is 37.5 Å². The highest BCUT2D eigenvalue weighted by Gasteiger charge is 2.23. The van der Waals surface area contributed by atoms with Gasteiger partial charge in [-0.25, -0.2) is 0 Å². The summed E-state index contributed by atoms with van der Waals surface area (Å²) in [6.07, 6.45) is 0.703. The van der Waals surface area contributed by atoms with Gasteiger partial charge in [-0.2, -0.15) is 0 Å². The quantitative estimate of drug-likeness (QED) is 0.817. The van der Waals surface area contributed by atoms with Gasteiger partial charge >= 0.3 is 0 Å². The number of amides is 1. The Morgan fingerprint density at radius 1 is 1.33 bits per heavy atom. The lowest BCUT2D eigenvalue weighted by Crippen LogP contribution is -2.45. The van der Waals surface area contributed by atoms with Crippen molar-refractivity contribution >= 4 is 18.3 Å². The van der Waals surface area contributed by atoms with Gasteiger partial charge in [-0.05, 0) is 28.5 Å². The summed E-state index contributed by atoms with van der Waals surface area (Å²) in [5.74, 6) is -0.268. The van der Waals surface area contributed by atoms with Gasteiger partial charge in [-0.3, -0.25) is 4.79 Å². The second-order valence-electron chi connectivity index (χ2n) is 5.77. The number of hydrogen-bond acceptors (Lipinski definition) is 2. The third-order valence-electron chi connectivity index (χ3n) is 3.38. The number of nitrogens with two attached hydrogens (primary N) is 1. The van der Waals surface area contributed by atoms with Gasteiger partial charge in [0.2, 0.25) is 5.91 Å². The van der Waals surface area contributed by atoms with Crippen molar-refractivity contribution in [2.24, 2.45) is 5.73 Å². The smallest absolute Gasteiger partial charge is 0.234 e. The van der Waals surface area contributed by atoms with Crippen LogP contribution >= 0.6 is 12.4 Å². The number of carbonyl (C=O) groups is 1. The Kier molecular flexibility index (Phi) is 4.41. The molecule has 18 heavy (non-hydrogen) atoms. The Morgan fingerprint density at radius 3 is 2.56 bits per heavy atom. The van der Waals surface area contributed by atoms with Crippen molar-refractivity contribution < 1.29 is 4.79 Å². The zero-order chi connectivity index (χ0) is 12.6. The molecule has 0 aromatic heterocycles. The van der Waals surface area contributed by atoms with Crippen molar-refractivity contribution in [2.45, 2.75) is 45.2 Å². The Morgan fingerprint density at radius 2 is 2.00 bits per heavy atom. The topological polar surface area (TPSA) is 55.1 Å². The predicted octanol–water partition coefficient (Wildman–Crippen LogP) is 1.91. The summed E-state index contributed by atoms with van der Waals surface area (Å²) in [6, 6.07) is 6.30. The van der Waals surface area contributed by atoms with Crippen LogP contribution in [0.3, 0.4) is 0 Å². The standard InChI is InChI=1S/C14H20N2O.ClH/c1-14(2,3)11-5-4-9-7-12(13(15)17)16-8-10(9)6-11;/h4-6,12,16H,7-8H2,1-3H3,(H2,15,17);1H. The van der Waals surface area contributed by atoms with E-state index in [0.717, 1.165) is 6.54 Å². The van der Waals surface area contributed by atoms with E-state index in [1.54, 1.807) is 0 Å². The Bertz CT molecular complexity index is 452. The normalized spacial score (nSPS) is 18.7. The zero-order valence-corrected chi connectivity index (χ0v) is 11.9. The molecule has 0 radical (unpaired) electrons. The molecule has 100 valence electrons. The number of hydrogen-bond donors (Lipinski definition) is 2. The third kappa shape index (κ3) is 3.03. The fourth-order valence-corrected chi connectivity index (χ4v) is 2.18. The number of benzene rings is 1. The predicted molar refractivity (Wildman–Crippen MR) is 75.9 cm³/mol. The first-order valence-corrected chi connectivity index (χ1v) is 6.03. The van der Waals surface area contributed by atoms with Gasteiger partial charge in [0, 0.05) is 6.54 Å². The number of halogens is 1. The fraction of sp³-hybridized carbons (Fsp3) is 0.500. The molecule has 1 amide bonds. The molecule has 1 heterocycles. The monoisotopic (exact) mass is 268 g/mol. The summed E-state index contributed by atoms with van der Waals surface area (Å²) >= 11 is 0. The highest BCUT2D eigenvalue weighted by Crippen LogP contribution is 2.26. The molecule has 1 atom stereocenters. The van der Waals surface area contributed by atoms with E-state index < -0.39 is 0 Å². The molecule has 3 N–H and O–H groups in total. The van der Waals surface area contributed by atoms with Crippen molar-refractivity contribution in [1.82, 2.24) is 5.32 Å². The maximum atomic E-state index is 11.2. The van der Waals surface area contributed by atoms with Crippen LogP contribution in [-0.2, 0) is 23.2 Å². The van der Waals surface area contributed by atoms with Crippen LogP contribution in [0.25, 0.3) is 0 Å². The van der Waals surface area contributed by atoms with Gasteiger partial charge in [0.15, 0.2) is 0 Å². The molecule has 1 aliphatic rings. The van der Waals surface area contributed by atoms with Gasteiger partial charge in [-0.1, -0.05) is 39.0 Å². The molecule has 2 rings (SSSR count). The lowest BCUT2D eigenvalue weighted by Gasteiger charge is -2.27. The largest absolute Gasteiger partial charge is 0.368 e. The molecule has 4 heteroatoms. The molecule has 1 aliphatic heterocycles. The lowest BCUT2D eigenvalue weighted by atomic mass is 9.83. The van der Waals surface area contributed by atoms with Gasteiger partial charge in [0.05, 0.1) is 6.04 Å². The van der Waals surface area contributed by atoms with Crippen LogP contribution in [0.5, 0.6) is 0 Å². The summed E-state index contributed by atoms with van der Waals surface area (Å²) < 4.78 is 0. The number of primary amides is 1. The Hall–Kier alpha value is -1.06. The van der Waals surface area contributed by atoms with Crippen LogP contribution in [0.15, 0.2) is 18.2 Å². The van der Waals surface area contributed by atoms with Crippen molar-refractivity contribution in [2.75, 3.05) is 0 Å². The van der Waals surface area contributed by atoms with E-state index in [9.17, 15) is 4.79 Å². The molecule has 0 saturated carbocycles. The molecule has 0 aliphatic carbocycles. The van der Waals surface area contributed by atoms with E-state index >= 15 is 0 Å². The fourth-order valence-electron chi connectivity index (χ4n) is 2.18. The molecule has 0 spiro atoms. The SMILES string of the molecule is CC(C)(C)c1ccc2c(c1)CNC(C(N)=O)C2.Cl. The summed E-state index contributed by atoms with van der Waals surface area (Å²) in [5.41, 5.74) is 9.34. The Labute approximate surface area is 115 Å². The van der Waals surface area contributed by atoms with E-state index in [-0.39, 0.29) is 29.8 Å². The van der Waals surface area contributed by atoms with Gasteiger partial charge in [-0.15, -0.1) is 12.4 Å². The molecule has 0 fully saturated rings. The van der Waals surface area contributed by atoms with Crippen molar-refractivity contribution in [3.05, 3.63) is 34.9 Å². The highest BCUT2D eigenvalue weighted by atomic mass is 35.5. The maximum absolute atomic E-state index is 11.2. The summed E-state index contributed by atoms with van der Waals surface area (Å²) in [6.45, 7) is 7.35. The third-order valence-corrected chi connectivity index (χ3v) is 3.38. The molecule has 3 nitrogen and oxygen atoms in total. The van der Waals surface area contributed by atoms with Crippen molar-refractivity contribution in [3.8, 4) is 0 Å². The first-order valence-electron chi connectivity index (χ1n) is 6.03. The van der Waals surface area contributed by atoms with Crippen LogP contribution in [0, 0.1) is 0 Å². The lowest BCUT2D eigenvalue weighted by molar-refractivity contribution is -0.120. The summed E-state index contributed by atoms with van der Waals surface area (Å²) in [4.78, 5) is 11.2. The number of rotatable bonds is 1. The second-order valence-corrected chi connectivity index (χ2v) is 5.77. The molecule has 1 aromatic carbocycles. The van der Waals surface area contributed by atoms with Crippen molar-refractivity contribution in [1.29, 1.82) is 0 Å². The molecule has 1 unspecified atom stereocenters. The van der Waals surface area contributed by atoms with E-state index in [4.69, 9.17) is 5.73 Å². The zero-order valence-electron chi connectivity index (χ0n) is 11.1. The van der Waals surface area contributed by atoms with Gasteiger partial charge in [0.1, 0.15) is 0 Å².